The van der Waals surface area contributed by atoms with E-state index in [0.29, 0.717) is 12.8 Å². The molecule has 0 aromatic rings. The molecule has 1 saturated carbocycles. The van der Waals surface area contributed by atoms with Gasteiger partial charge in [0.2, 0.25) is 0 Å². The molecule has 7 heteroatoms. The molecule has 0 aromatic heterocycles. The first-order valence-electron chi connectivity index (χ1n) is 4.90. The summed E-state index contributed by atoms with van der Waals surface area (Å²) < 4.78 is 48.0. The van der Waals surface area contributed by atoms with Gasteiger partial charge in [0.15, 0.2) is 0 Å². The third-order valence-corrected chi connectivity index (χ3v) is 4.16. The van der Waals surface area contributed by atoms with E-state index in [2.05, 4.69) is 0 Å². The number of hydrogen-bond donors (Lipinski definition) is 1. The first-order chi connectivity index (χ1) is 7.00. The van der Waals surface area contributed by atoms with Gasteiger partial charge in [0, 0.05) is 19.2 Å². The molecular formula is C8H15F2NO3S. The van der Waals surface area contributed by atoms with E-state index in [1.54, 1.807) is 0 Å². The highest BCUT2D eigenvalue weighted by Gasteiger charge is 2.38. The lowest BCUT2D eigenvalue weighted by Crippen LogP contribution is -2.47. The van der Waals surface area contributed by atoms with Crippen LogP contribution in [-0.2, 0) is 10.0 Å². The maximum Gasteiger partial charge on any atom is 0.350 e. The van der Waals surface area contributed by atoms with Gasteiger partial charge in [0.1, 0.15) is 0 Å². The Morgan fingerprint density at radius 2 is 2.00 bits per heavy atom. The summed E-state index contributed by atoms with van der Waals surface area (Å²) in [5.74, 6) is -3.36. The van der Waals surface area contributed by atoms with Gasteiger partial charge >= 0.3 is 5.76 Å². The number of aliphatic hydroxyl groups excluding tert-OH is 1. The minimum Gasteiger partial charge on any atom is -0.396 e. The molecule has 0 radical (unpaired) electrons. The fourth-order valence-electron chi connectivity index (χ4n) is 1.52. The molecule has 15 heavy (non-hydrogen) atoms. The van der Waals surface area contributed by atoms with Crippen LogP contribution < -0.4 is 0 Å². The highest BCUT2D eigenvalue weighted by atomic mass is 32.2. The van der Waals surface area contributed by atoms with Crippen molar-refractivity contribution in [1.82, 2.24) is 4.31 Å². The minimum absolute atomic E-state index is 0.0200. The van der Waals surface area contributed by atoms with Crippen LogP contribution in [0.25, 0.3) is 0 Å². The second-order valence-corrected chi connectivity index (χ2v) is 5.43. The van der Waals surface area contributed by atoms with E-state index in [-0.39, 0.29) is 25.6 Å². The average Bonchev–Trinajstić information content (AvgIpc) is 2.08. The van der Waals surface area contributed by atoms with Crippen molar-refractivity contribution >= 4 is 10.0 Å². The van der Waals surface area contributed by atoms with E-state index in [9.17, 15) is 17.2 Å². The average molecular weight is 243 g/mol. The Hall–Kier alpha value is -0.270. The minimum atomic E-state index is -4.48. The van der Waals surface area contributed by atoms with Gasteiger partial charge in [-0.25, -0.2) is 8.42 Å². The number of nitrogens with zero attached hydrogens (tertiary/aromatic N) is 1. The number of halogens is 2. The standard InChI is InChI=1S/C8H15F2NO3S/c9-8(10)15(13,14)11(5-2-6-12)7-3-1-4-7/h7-8,12H,1-6H2. The zero-order valence-corrected chi connectivity index (χ0v) is 9.09. The molecule has 0 bridgehead atoms. The summed E-state index contributed by atoms with van der Waals surface area (Å²) in [5.41, 5.74) is 0. The Morgan fingerprint density at radius 3 is 2.33 bits per heavy atom. The van der Waals surface area contributed by atoms with Crippen LogP contribution in [0.4, 0.5) is 8.78 Å². The highest BCUT2D eigenvalue weighted by Crippen LogP contribution is 2.29. The summed E-state index contributed by atoms with van der Waals surface area (Å²) in [6.45, 7) is -0.212. The van der Waals surface area contributed by atoms with Crippen molar-refractivity contribution in [2.75, 3.05) is 13.2 Å². The molecule has 1 aliphatic rings. The SMILES string of the molecule is O=S(=O)(C(F)F)N(CCCO)C1CCC1. The Kier molecular flexibility index (Phi) is 4.42. The van der Waals surface area contributed by atoms with E-state index in [4.69, 9.17) is 5.11 Å². The Labute approximate surface area is 87.9 Å². The van der Waals surface area contributed by atoms with Crippen molar-refractivity contribution in [3.63, 3.8) is 0 Å². The third-order valence-electron chi connectivity index (χ3n) is 2.57. The van der Waals surface area contributed by atoms with E-state index < -0.39 is 15.8 Å². The Balaban J connectivity index is 2.70. The predicted molar refractivity (Wildman–Crippen MR) is 51.0 cm³/mol. The van der Waals surface area contributed by atoms with Gasteiger partial charge in [-0.3, -0.25) is 0 Å². The predicted octanol–water partition coefficient (Wildman–Crippen LogP) is 0.776. The summed E-state index contributed by atoms with van der Waals surface area (Å²) in [7, 11) is -4.48. The zero-order chi connectivity index (χ0) is 11.5. The van der Waals surface area contributed by atoms with Crippen LogP contribution in [0.15, 0.2) is 0 Å². The fourth-order valence-corrected chi connectivity index (χ4v) is 2.74. The van der Waals surface area contributed by atoms with Crippen LogP contribution in [0, 0.1) is 0 Å². The molecule has 1 aliphatic carbocycles. The summed E-state index contributed by atoms with van der Waals surface area (Å²) >= 11 is 0. The van der Waals surface area contributed by atoms with Crippen LogP contribution in [0.5, 0.6) is 0 Å². The Bertz CT molecular complexity index is 290. The summed E-state index contributed by atoms with van der Waals surface area (Å²) in [4.78, 5) is 0. The topological polar surface area (TPSA) is 57.6 Å². The molecule has 4 nitrogen and oxygen atoms in total. The van der Waals surface area contributed by atoms with E-state index >= 15 is 0 Å². The maximum atomic E-state index is 12.3. The molecule has 1 fully saturated rings. The third kappa shape index (κ3) is 2.85. The molecular weight excluding hydrogens is 228 g/mol. The molecule has 0 atom stereocenters. The van der Waals surface area contributed by atoms with Gasteiger partial charge in [0.25, 0.3) is 10.0 Å². The molecule has 0 spiro atoms. The lowest BCUT2D eigenvalue weighted by atomic mass is 9.93. The maximum absolute atomic E-state index is 12.3. The lowest BCUT2D eigenvalue weighted by molar-refractivity contribution is 0.169. The van der Waals surface area contributed by atoms with Crippen molar-refractivity contribution in [3.05, 3.63) is 0 Å². The van der Waals surface area contributed by atoms with E-state index in [1.165, 1.54) is 0 Å². The van der Waals surface area contributed by atoms with Gasteiger partial charge in [-0.15, -0.1) is 0 Å². The first kappa shape index (κ1) is 12.8. The smallest absolute Gasteiger partial charge is 0.350 e. The number of aliphatic hydroxyl groups is 1. The van der Waals surface area contributed by atoms with Crippen LogP contribution in [-0.4, -0.2) is 42.8 Å². The summed E-state index contributed by atoms with van der Waals surface area (Å²) in [6, 6.07) is -0.296. The Morgan fingerprint density at radius 1 is 1.40 bits per heavy atom. The van der Waals surface area contributed by atoms with Crippen molar-refractivity contribution < 1.29 is 22.3 Å². The van der Waals surface area contributed by atoms with Crippen molar-refractivity contribution in [2.45, 2.75) is 37.5 Å². The molecule has 0 saturated heterocycles. The summed E-state index contributed by atoms with van der Waals surface area (Å²) in [5, 5.41) is 8.58. The van der Waals surface area contributed by atoms with Crippen molar-refractivity contribution in [3.8, 4) is 0 Å². The summed E-state index contributed by atoms with van der Waals surface area (Å²) in [6.07, 6.45) is 2.34. The van der Waals surface area contributed by atoms with Crippen LogP contribution in [0.2, 0.25) is 0 Å². The van der Waals surface area contributed by atoms with Crippen LogP contribution in [0.3, 0.4) is 0 Å². The fraction of sp³-hybridized carbons (Fsp3) is 1.00. The van der Waals surface area contributed by atoms with Crippen LogP contribution in [0.1, 0.15) is 25.7 Å². The lowest BCUT2D eigenvalue weighted by Gasteiger charge is -2.36. The number of rotatable bonds is 6. The molecule has 0 heterocycles. The highest BCUT2D eigenvalue weighted by molar-refractivity contribution is 7.89. The zero-order valence-electron chi connectivity index (χ0n) is 8.27. The second-order valence-electron chi connectivity index (χ2n) is 3.58. The number of hydrogen-bond acceptors (Lipinski definition) is 3. The van der Waals surface area contributed by atoms with Crippen molar-refractivity contribution in [2.24, 2.45) is 0 Å². The largest absolute Gasteiger partial charge is 0.396 e. The molecule has 90 valence electrons. The second kappa shape index (κ2) is 5.18. The van der Waals surface area contributed by atoms with E-state index in [1.807, 2.05) is 0 Å². The van der Waals surface area contributed by atoms with Gasteiger partial charge in [-0.1, -0.05) is 6.42 Å². The first-order valence-corrected chi connectivity index (χ1v) is 6.40. The molecule has 0 amide bonds. The van der Waals surface area contributed by atoms with Gasteiger partial charge in [-0.05, 0) is 19.3 Å². The van der Waals surface area contributed by atoms with Gasteiger partial charge in [-0.2, -0.15) is 13.1 Å². The van der Waals surface area contributed by atoms with E-state index in [0.717, 1.165) is 10.7 Å². The molecule has 0 aromatic carbocycles. The molecule has 1 rings (SSSR count). The van der Waals surface area contributed by atoms with Crippen LogP contribution >= 0.6 is 0 Å². The molecule has 0 unspecified atom stereocenters. The molecule has 1 N–H and O–H groups in total. The quantitative estimate of drug-likeness (QED) is 0.750. The monoisotopic (exact) mass is 243 g/mol. The number of alkyl halides is 2. The normalized spacial score (nSPS) is 18.5. The molecule has 0 aliphatic heterocycles. The van der Waals surface area contributed by atoms with Gasteiger partial charge < -0.3 is 5.11 Å². The van der Waals surface area contributed by atoms with Crippen molar-refractivity contribution in [1.29, 1.82) is 0 Å². The van der Waals surface area contributed by atoms with Gasteiger partial charge in [0.05, 0.1) is 0 Å². The number of sulfonamides is 1.